The van der Waals surface area contributed by atoms with Crippen LogP contribution in [0.1, 0.15) is 5.69 Å². The lowest BCUT2D eigenvalue weighted by atomic mass is 10.2. The van der Waals surface area contributed by atoms with E-state index in [2.05, 4.69) is 15.3 Å². The first-order chi connectivity index (χ1) is 9.91. The quantitative estimate of drug-likeness (QED) is 0.750. The normalized spacial score (nSPS) is 11.8. The van der Waals surface area contributed by atoms with Crippen LogP contribution in [0.25, 0.3) is 10.1 Å². The first-order valence-corrected chi connectivity index (χ1v) is 6.76. The Bertz CT molecular complexity index is 797. The Morgan fingerprint density at radius 1 is 1.10 bits per heavy atom. The van der Waals surface area contributed by atoms with Crippen LogP contribution in [0.4, 0.5) is 30.6 Å². The Morgan fingerprint density at radius 3 is 2.67 bits per heavy atom. The van der Waals surface area contributed by atoms with Gasteiger partial charge >= 0.3 is 6.18 Å². The van der Waals surface area contributed by atoms with Crippen molar-refractivity contribution < 1.29 is 13.2 Å². The Hall–Kier alpha value is -2.35. The predicted molar refractivity (Wildman–Crippen MR) is 76.6 cm³/mol. The van der Waals surface area contributed by atoms with E-state index in [1.807, 2.05) is 23.6 Å². The molecule has 2 aromatic heterocycles. The summed E-state index contributed by atoms with van der Waals surface area (Å²) in [4.78, 5) is 6.96. The van der Waals surface area contributed by atoms with Crippen LogP contribution in [0.3, 0.4) is 0 Å². The van der Waals surface area contributed by atoms with Gasteiger partial charge in [-0.1, -0.05) is 0 Å². The molecule has 0 fully saturated rings. The zero-order chi connectivity index (χ0) is 15.0. The maximum absolute atomic E-state index is 12.7. The summed E-state index contributed by atoms with van der Waals surface area (Å²) in [7, 11) is 0. The number of alkyl halides is 3. The van der Waals surface area contributed by atoms with Gasteiger partial charge in [0.25, 0.3) is 0 Å². The number of nitrogen functional groups attached to an aromatic ring is 1. The number of rotatable bonds is 2. The molecule has 21 heavy (non-hydrogen) atoms. The fraction of sp³-hybridized carbons (Fsp3) is 0.0769. The lowest BCUT2D eigenvalue weighted by molar-refractivity contribution is -0.141. The van der Waals surface area contributed by atoms with E-state index >= 15 is 0 Å². The number of aromatic nitrogens is 2. The lowest BCUT2D eigenvalue weighted by Crippen LogP contribution is -2.11. The van der Waals surface area contributed by atoms with Crippen LogP contribution in [-0.4, -0.2) is 9.97 Å². The van der Waals surface area contributed by atoms with Crippen molar-refractivity contribution in [3.8, 4) is 0 Å². The summed E-state index contributed by atoms with van der Waals surface area (Å²) in [5.41, 5.74) is 4.88. The molecule has 0 aliphatic heterocycles. The van der Waals surface area contributed by atoms with E-state index in [9.17, 15) is 13.2 Å². The highest BCUT2D eigenvalue weighted by Gasteiger charge is 2.33. The third-order valence-electron chi connectivity index (χ3n) is 2.76. The number of nitrogens with two attached hydrogens (primary N) is 1. The summed E-state index contributed by atoms with van der Waals surface area (Å²) in [6.45, 7) is 0. The summed E-state index contributed by atoms with van der Waals surface area (Å²) in [6, 6.07) is 8.24. The van der Waals surface area contributed by atoms with Crippen molar-refractivity contribution in [3.05, 3.63) is 41.4 Å². The number of thiophene rings is 1. The molecule has 0 aliphatic rings. The molecule has 4 nitrogen and oxygen atoms in total. The zero-order valence-corrected chi connectivity index (χ0v) is 11.3. The fourth-order valence-corrected chi connectivity index (χ4v) is 2.64. The van der Waals surface area contributed by atoms with Crippen LogP contribution >= 0.6 is 11.3 Å². The Balaban J connectivity index is 1.95. The first kappa shape index (κ1) is 13.6. The SMILES string of the molecule is Nc1nc(Nc2ccc3sccc3c2)cc(C(F)(F)F)n1. The molecule has 8 heteroatoms. The van der Waals surface area contributed by atoms with Gasteiger partial charge in [0, 0.05) is 16.5 Å². The van der Waals surface area contributed by atoms with Crippen molar-refractivity contribution in [3.63, 3.8) is 0 Å². The van der Waals surface area contributed by atoms with Crippen molar-refractivity contribution >= 4 is 38.9 Å². The summed E-state index contributed by atoms with van der Waals surface area (Å²) in [6.07, 6.45) is -4.56. The highest BCUT2D eigenvalue weighted by Crippen LogP contribution is 2.30. The molecular formula is C13H9F3N4S. The van der Waals surface area contributed by atoms with E-state index in [-0.39, 0.29) is 5.82 Å². The van der Waals surface area contributed by atoms with E-state index in [0.29, 0.717) is 5.69 Å². The van der Waals surface area contributed by atoms with Gasteiger partial charge in [-0.05, 0) is 35.0 Å². The van der Waals surface area contributed by atoms with E-state index in [1.165, 1.54) is 0 Å². The molecule has 2 heterocycles. The molecule has 0 unspecified atom stereocenters. The Labute approximate surface area is 121 Å². The zero-order valence-electron chi connectivity index (χ0n) is 10.5. The van der Waals surface area contributed by atoms with Crippen molar-refractivity contribution in [1.82, 2.24) is 9.97 Å². The average Bonchev–Trinajstić information content (AvgIpc) is 2.84. The van der Waals surface area contributed by atoms with Crippen LogP contribution in [0, 0.1) is 0 Å². The van der Waals surface area contributed by atoms with Gasteiger partial charge < -0.3 is 11.1 Å². The Morgan fingerprint density at radius 2 is 1.90 bits per heavy atom. The molecular weight excluding hydrogens is 301 g/mol. The van der Waals surface area contributed by atoms with Crippen LogP contribution in [0.15, 0.2) is 35.7 Å². The number of anilines is 3. The first-order valence-electron chi connectivity index (χ1n) is 5.88. The average molecular weight is 310 g/mol. The topological polar surface area (TPSA) is 63.8 Å². The molecule has 0 radical (unpaired) electrons. The van der Waals surface area contributed by atoms with Gasteiger partial charge in [-0.2, -0.15) is 18.2 Å². The monoisotopic (exact) mass is 310 g/mol. The molecule has 0 saturated heterocycles. The number of benzene rings is 1. The number of nitrogens with one attached hydrogen (secondary N) is 1. The summed E-state index contributed by atoms with van der Waals surface area (Å²) < 4.78 is 39.1. The van der Waals surface area contributed by atoms with Crippen LogP contribution < -0.4 is 11.1 Å². The summed E-state index contributed by atoms with van der Waals surface area (Å²) in [5.74, 6) is -0.423. The molecule has 0 bridgehead atoms. The second-order valence-corrected chi connectivity index (χ2v) is 5.24. The second kappa shape index (κ2) is 4.88. The van der Waals surface area contributed by atoms with E-state index in [4.69, 9.17) is 5.73 Å². The molecule has 3 rings (SSSR count). The number of nitrogens with zero attached hydrogens (tertiary/aromatic N) is 2. The molecule has 3 aromatic rings. The van der Waals surface area contributed by atoms with Gasteiger partial charge in [-0.3, -0.25) is 0 Å². The summed E-state index contributed by atoms with van der Waals surface area (Å²) in [5, 5.41) is 5.76. The van der Waals surface area contributed by atoms with E-state index in [0.717, 1.165) is 16.2 Å². The van der Waals surface area contributed by atoms with E-state index < -0.39 is 17.8 Å². The minimum atomic E-state index is -4.56. The van der Waals surface area contributed by atoms with Crippen LogP contribution in [0.5, 0.6) is 0 Å². The molecule has 3 N–H and O–H groups in total. The Kier molecular flexibility index (Phi) is 3.17. The molecule has 1 aromatic carbocycles. The minimum absolute atomic E-state index is 0.00408. The van der Waals surface area contributed by atoms with Gasteiger partial charge in [-0.25, -0.2) is 4.98 Å². The van der Waals surface area contributed by atoms with Crippen molar-refractivity contribution in [2.75, 3.05) is 11.1 Å². The third-order valence-corrected chi connectivity index (χ3v) is 3.66. The van der Waals surface area contributed by atoms with Gasteiger partial charge in [0.2, 0.25) is 5.95 Å². The highest BCUT2D eigenvalue weighted by atomic mass is 32.1. The number of hydrogen-bond donors (Lipinski definition) is 2. The second-order valence-electron chi connectivity index (χ2n) is 4.29. The molecule has 0 amide bonds. The van der Waals surface area contributed by atoms with Gasteiger partial charge in [0.15, 0.2) is 5.69 Å². The molecule has 0 saturated carbocycles. The minimum Gasteiger partial charge on any atom is -0.368 e. The predicted octanol–water partition coefficient (Wildman–Crippen LogP) is 4.04. The fourth-order valence-electron chi connectivity index (χ4n) is 1.87. The number of hydrogen-bond acceptors (Lipinski definition) is 5. The maximum atomic E-state index is 12.7. The summed E-state index contributed by atoms with van der Waals surface area (Å²) >= 11 is 1.59. The van der Waals surface area contributed by atoms with Crippen molar-refractivity contribution in [1.29, 1.82) is 0 Å². The molecule has 0 spiro atoms. The lowest BCUT2D eigenvalue weighted by Gasteiger charge is -2.10. The molecule has 0 aliphatic carbocycles. The maximum Gasteiger partial charge on any atom is 0.433 e. The van der Waals surface area contributed by atoms with Crippen LogP contribution in [0.2, 0.25) is 0 Å². The smallest absolute Gasteiger partial charge is 0.368 e. The molecule has 108 valence electrons. The highest BCUT2D eigenvalue weighted by molar-refractivity contribution is 7.17. The number of halogens is 3. The number of fused-ring (bicyclic) bond motifs is 1. The molecule has 0 atom stereocenters. The largest absolute Gasteiger partial charge is 0.433 e. The van der Waals surface area contributed by atoms with Crippen molar-refractivity contribution in [2.45, 2.75) is 6.18 Å². The standard InChI is InChI=1S/C13H9F3N4S/c14-13(15,16)10-6-11(20-12(17)19-10)18-8-1-2-9-7(5-8)3-4-21-9/h1-6H,(H3,17,18,19,20). The van der Waals surface area contributed by atoms with Gasteiger partial charge in [-0.15, -0.1) is 11.3 Å². The van der Waals surface area contributed by atoms with E-state index in [1.54, 1.807) is 17.4 Å². The van der Waals surface area contributed by atoms with Gasteiger partial charge in [0.05, 0.1) is 0 Å². The van der Waals surface area contributed by atoms with Crippen LogP contribution in [-0.2, 0) is 6.18 Å². The third kappa shape index (κ3) is 2.89. The van der Waals surface area contributed by atoms with Gasteiger partial charge in [0.1, 0.15) is 5.82 Å². The van der Waals surface area contributed by atoms with Crippen molar-refractivity contribution in [2.24, 2.45) is 0 Å².